The average Bonchev–Trinajstić information content (AvgIpc) is 2.51. The zero-order chi connectivity index (χ0) is 11.5. The third-order valence-electron chi connectivity index (χ3n) is 2.09. The van der Waals surface area contributed by atoms with Gasteiger partial charge in [0.1, 0.15) is 5.60 Å². The second kappa shape index (κ2) is 5.41. The van der Waals surface area contributed by atoms with E-state index in [-0.39, 0.29) is 0 Å². The minimum atomic E-state index is -1.02. The molecule has 15 heavy (non-hydrogen) atoms. The summed E-state index contributed by atoms with van der Waals surface area (Å²) < 4.78 is 11.2. The molecular formula is C10H15BrO3S. The summed E-state index contributed by atoms with van der Waals surface area (Å²) in [6.45, 7) is 1.71. The Morgan fingerprint density at radius 2 is 2.13 bits per heavy atom. The van der Waals surface area contributed by atoms with Crippen LogP contribution in [0.3, 0.4) is 0 Å². The van der Waals surface area contributed by atoms with Gasteiger partial charge in [0.2, 0.25) is 0 Å². The number of rotatable bonds is 5. The SMILES string of the molecule is COC(OC)C(C)(O)Cc1cc(Br)cs1. The maximum Gasteiger partial charge on any atom is 0.185 e. The molecule has 0 aromatic carbocycles. The van der Waals surface area contributed by atoms with Crippen LogP contribution in [-0.2, 0) is 15.9 Å². The van der Waals surface area contributed by atoms with Crippen molar-refractivity contribution in [1.29, 1.82) is 0 Å². The van der Waals surface area contributed by atoms with Crippen LogP contribution < -0.4 is 0 Å². The van der Waals surface area contributed by atoms with Crippen LogP contribution in [0.15, 0.2) is 15.9 Å². The third-order valence-corrected chi connectivity index (χ3v) is 3.79. The van der Waals surface area contributed by atoms with Crippen molar-refractivity contribution < 1.29 is 14.6 Å². The summed E-state index contributed by atoms with van der Waals surface area (Å²) in [4.78, 5) is 1.09. The van der Waals surface area contributed by atoms with E-state index in [9.17, 15) is 5.11 Å². The lowest BCUT2D eigenvalue weighted by molar-refractivity contribution is -0.207. The number of hydrogen-bond acceptors (Lipinski definition) is 4. The van der Waals surface area contributed by atoms with Gasteiger partial charge in [-0.25, -0.2) is 0 Å². The second-order valence-electron chi connectivity index (χ2n) is 3.57. The molecule has 1 aromatic heterocycles. The smallest absolute Gasteiger partial charge is 0.185 e. The van der Waals surface area contributed by atoms with Crippen molar-refractivity contribution in [2.24, 2.45) is 0 Å². The first-order valence-electron chi connectivity index (χ1n) is 4.50. The molecule has 0 radical (unpaired) electrons. The van der Waals surface area contributed by atoms with E-state index in [2.05, 4.69) is 15.9 Å². The van der Waals surface area contributed by atoms with Crippen LogP contribution in [0.2, 0.25) is 0 Å². The van der Waals surface area contributed by atoms with Crippen molar-refractivity contribution in [3.8, 4) is 0 Å². The van der Waals surface area contributed by atoms with Gasteiger partial charge in [0.25, 0.3) is 0 Å². The van der Waals surface area contributed by atoms with E-state index in [0.717, 1.165) is 9.35 Å². The topological polar surface area (TPSA) is 38.7 Å². The van der Waals surface area contributed by atoms with E-state index in [1.807, 2.05) is 11.4 Å². The van der Waals surface area contributed by atoms with Crippen LogP contribution in [0.5, 0.6) is 0 Å². The van der Waals surface area contributed by atoms with Crippen molar-refractivity contribution in [3.05, 3.63) is 20.8 Å². The number of halogens is 1. The first kappa shape index (κ1) is 13.1. The number of hydrogen-bond donors (Lipinski definition) is 1. The monoisotopic (exact) mass is 294 g/mol. The largest absolute Gasteiger partial charge is 0.384 e. The van der Waals surface area contributed by atoms with Crippen LogP contribution >= 0.6 is 27.3 Å². The summed E-state index contributed by atoms with van der Waals surface area (Å²) in [6, 6.07) is 1.99. The van der Waals surface area contributed by atoms with Gasteiger partial charge in [-0.15, -0.1) is 11.3 Å². The fourth-order valence-corrected chi connectivity index (χ4v) is 3.10. The van der Waals surface area contributed by atoms with Crippen molar-refractivity contribution >= 4 is 27.3 Å². The molecule has 3 nitrogen and oxygen atoms in total. The molecule has 1 rings (SSSR count). The quantitative estimate of drug-likeness (QED) is 0.848. The third kappa shape index (κ3) is 3.53. The molecule has 1 aromatic rings. The summed E-state index contributed by atoms with van der Waals surface area (Å²) in [6.07, 6.45) is -0.103. The molecule has 0 aliphatic heterocycles. The fourth-order valence-electron chi connectivity index (χ4n) is 1.49. The Morgan fingerprint density at radius 1 is 1.53 bits per heavy atom. The lowest BCUT2D eigenvalue weighted by atomic mass is 10.0. The van der Waals surface area contributed by atoms with Crippen LogP contribution in [-0.4, -0.2) is 31.2 Å². The molecule has 0 amide bonds. The van der Waals surface area contributed by atoms with Crippen molar-refractivity contribution in [2.45, 2.75) is 25.2 Å². The number of aliphatic hydroxyl groups is 1. The lowest BCUT2D eigenvalue weighted by Gasteiger charge is -2.30. The maximum atomic E-state index is 10.2. The zero-order valence-corrected chi connectivity index (χ0v) is 11.4. The zero-order valence-electron chi connectivity index (χ0n) is 8.99. The van der Waals surface area contributed by atoms with Gasteiger partial charge in [0.15, 0.2) is 6.29 Å². The Bertz CT molecular complexity index is 307. The van der Waals surface area contributed by atoms with Gasteiger partial charge in [-0.05, 0) is 28.9 Å². The Labute approximate surface area is 102 Å². The molecule has 0 fully saturated rings. The average molecular weight is 295 g/mol. The van der Waals surface area contributed by atoms with E-state index in [1.165, 1.54) is 14.2 Å². The molecule has 0 saturated heterocycles. The Hall–Kier alpha value is 0.0600. The van der Waals surface area contributed by atoms with Gasteiger partial charge in [0, 0.05) is 35.4 Å². The van der Waals surface area contributed by atoms with Crippen LogP contribution in [0.1, 0.15) is 11.8 Å². The summed E-state index contributed by atoms with van der Waals surface area (Å²) in [7, 11) is 3.04. The fraction of sp³-hybridized carbons (Fsp3) is 0.600. The van der Waals surface area contributed by atoms with Gasteiger partial charge >= 0.3 is 0 Å². The predicted octanol–water partition coefficient (Wildman–Crippen LogP) is 2.42. The number of ether oxygens (including phenoxy) is 2. The summed E-state index contributed by atoms with van der Waals surface area (Å²) in [5.41, 5.74) is -1.02. The van der Waals surface area contributed by atoms with Crippen LogP contribution in [0, 0.1) is 0 Å². The van der Waals surface area contributed by atoms with Crippen molar-refractivity contribution in [3.63, 3.8) is 0 Å². The number of methoxy groups -OCH3 is 2. The van der Waals surface area contributed by atoms with Gasteiger partial charge in [-0.2, -0.15) is 0 Å². The molecule has 1 N–H and O–H groups in total. The molecule has 0 aliphatic carbocycles. The Balaban J connectivity index is 2.70. The molecule has 1 heterocycles. The molecule has 0 saturated carbocycles. The van der Waals surface area contributed by atoms with E-state index < -0.39 is 11.9 Å². The highest BCUT2D eigenvalue weighted by Gasteiger charge is 2.32. The molecule has 0 bridgehead atoms. The first-order valence-corrected chi connectivity index (χ1v) is 6.17. The van der Waals surface area contributed by atoms with Crippen LogP contribution in [0.4, 0.5) is 0 Å². The van der Waals surface area contributed by atoms with Gasteiger partial charge in [-0.1, -0.05) is 0 Å². The van der Waals surface area contributed by atoms with E-state index in [0.29, 0.717) is 6.42 Å². The highest BCUT2D eigenvalue weighted by atomic mass is 79.9. The maximum absolute atomic E-state index is 10.2. The molecule has 1 unspecified atom stereocenters. The molecule has 0 spiro atoms. The minimum absolute atomic E-state index is 0.510. The highest BCUT2D eigenvalue weighted by molar-refractivity contribution is 9.10. The van der Waals surface area contributed by atoms with Crippen molar-refractivity contribution in [2.75, 3.05) is 14.2 Å². The highest BCUT2D eigenvalue weighted by Crippen LogP contribution is 2.26. The lowest BCUT2D eigenvalue weighted by Crippen LogP contribution is -2.43. The van der Waals surface area contributed by atoms with Gasteiger partial charge in [-0.3, -0.25) is 0 Å². The summed E-state index contributed by atoms with van der Waals surface area (Å²) in [5.74, 6) is 0. The molecule has 1 atom stereocenters. The standard InChI is InChI=1S/C10H15BrO3S/c1-10(12,9(13-2)14-3)5-8-4-7(11)6-15-8/h4,6,9,12H,5H2,1-3H3. The number of thiophene rings is 1. The van der Waals surface area contributed by atoms with E-state index in [4.69, 9.17) is 9.47 Å². The van der Waals surface area contributed by atoms with Gasteiger partial charge in [0.05, 0.1) is 0 Å². The first-order chi connectivity index (χ1) is 6.99. The summed E-state index contributed by atoms with van der Waals surface area (Å²) >= 11 is 4.97. The second-order valence-corrected chi connectivity index (χ2v) is 5.48. The van der Waals surface area contributed by atoms with E-state index in [1.54, 1.807) is 18.3 Å². The Kier molecular flexibility index (Phi) is 4.73. The normalized spacial score (nSPS) is 15.6. The molecule has 5 heteroatoms. The van der Waals surface area contributed by atoms with Crippen LogP contribution in [0.25, 0.3) is 0 Å². The molecule has 0 aliphatic rings. The van der Waals surface area contributed by atoms with Crippen molar-refractivity contribution in [1.82, 2.24) is 0 Å². The molecular weight excluding hydrogens is 280 g/mol. The van der Waals surface area contributed by atoms with Gasteiger partial charge < -0.3 is 14.6 Å². The van der Waals surface area contributed by atoms with E-state index >= 15 is 0 Å². The predicted molar refractivity (Wildman–Crippen MR) is 64.2 cm³/mol. The summed E-state index contributed by atoms with van der Waals surface area (Å²) in [5, 5.41) is 12.2. The Morgan fingerprint density at radius 3 is 2.53 bits per heavy atom. The minimum Gasteiger partial charge on any atom is -0.384 e. The molecule has 86 valence electrons.